The third kappa shape index (κ3) is 2.82. The molecule has 1 amide bonds. The van der Waals surface area contributed by atoms with Crippen LogP contribution in [0.3, 0.4) is 0 Å². The van der Waals surface area contributed by atoms with Crippen LogP contribution in [0.25, 0.3) is 0 Å². The molecule has 1 aromatic carbocycles. The molecule has 0 fully saturated rings. The lowest BCUT2D eigenvalue weighted by molar-refractivity contribution is 0.102. The van der Waals surface area contributed by atoms with E-state index in [0.29, 0.717) is 0 Å². The molecule has 2 aromatic rings. The molecule has 0 radical (unpaired) electrons. The first-order chi connectivity index (χ1) is 9.38. The molecule has 104 valence electrons. The molecule has 0 bridgehead atoms. The lowest BCUT2D eigenvalue weighted by Gasteiger charge is -2.07. The zero-order valence-corrected chi connectivity index (χ0v) is 11.2. The van der Waals surface area contributed by atoms with Gasteiger partial charge in [-0.05, 0) is 12.1 Å². The van der Waals surface area contributed by atoms with Gasteiger partial charge in [-0.15, -0.1) is 0 Å². The van der Waals surface area contributed by atoms with Crippen LogP contribution in [-0.4, -0.2) is 15.9 Å². The Bertz CT molecular complexity index is 777. The molecule has 1 aromatic heterocycles. The highest BCUT2D eigenvalue weighted by atomic mass is 79.9. The predicted octanol–water partition coefficient (Wildman–Crippen LogP) is 1.36. The minimum absolute atomic E-state index is 0.160. The van der Waals surface area contributed by atoms with Crippen molar-refractivity contribution in [2.75, 3.05) is 5.32 Å². The van der Waals surface area contributed by atoms with Gasteiger partial charge < -0.3 is 10.3 Å². The van der Waals surface area contributed by atoms with E-state index in [-0.39, 0.29) is 4.47 Å². The topological polar surface area (TPSA) is 94.8 Å². The van der Waals surface area contributed by atoms with Gasteiger partial charge in [-0.1, -0.05) is 15.9 Å². The smallest absolute Gasteiger partial charge is 0.317 e. The van der Waals surface area contributed by atoms with Crippen molar-refractivity contribution in [2.45, 2.75) is 0 Å². The van der Waals surface area contributed by atoms with Gasteiger partial charge in [0.05, 0.1) is 0 Å². The van der Waals surface area contributed by atoms with E-state index in [4.69, 9.17) is 0 Å². The molecule has 1 heterocycles. The Morgan fingerprint density at radius 3 is 2.35 bits per heavy atom. The van der Waals surface area contributed by atoms with Gasteiger partial charge in [0.15, 0.2) is 11.6 Å². The summed E-state index contributed by atoms with van der Waals surface area (Å²) in [4.78, 5) is 37.8. The molecular formula is C11H6BrF2N3O3. The molecule has 0 aliphatic carbocycles. The molecule has 0 aliphatic heterocycles. The lowest BCUT2D eigenvalue weighted by Crippen LogP contribution is -2.30. The molecule has 0 saturated carbocycles. The van der Waals surface area contributed by atoms with Crippen LogP contribution >= 0.6 is 15.9 Å². The normalized spacial score (nSPS) is 10.3. The first-order valence-corrected chi connectivity index (χ1v) is 5.95. The zero-order chi connectivity index (χ0) is 14.9. The third-order valence-corrected chi connectivity index (χ3v) is 2.77. The van der Waals surface area contributed by atoms with Crippen LogP contribution < -0.4 is 16.6 Å². The molecule has 6 nitrogen and oxygen atoms in total. The van der Waals surface area contributed by atoms with Crippen molar-refractivity contribution in [1.29, 1.82) is 0 Å². The second kappa shape index (κ2) is 5.37. The third-order valence-electron chi connectivity index (χ3n) is 2.31. The summed E-state index contributed by atoms with van der Waals surface area (Å²) < 4.78 is 27.2. The fourth-order valence-corrected chi connectivity index (χ4v) is 1.82. The number of aromatic nitrogens is 2. The van der Waals surface area contributed by atoms with E-state index in [9.17, 15) is 23.2 Å². The maximum Gasteiger partial charge on any atom is 0.325 e. The van der Waals surface area contributed by atoms with E-state index >= 15 is 0 Å². The molecule has 0 spiro atoms. The quantitative estimate of drug-likeness (QED) is 0.766. The monoisotopic (exact) mass is 345 g/mol. The van der Waals surface area contributed by atoms with Crippen molar-refractivity contribution in [3.8, 4) is 0 Å². The highest BCUT2D eigenvalue weighted by molar-refractivity contribution is 9.10. The predicted molar refractivity (Wildman–Crippen MR) is 69.7 cm³/mol. The zero-order valence-electron chi connectivity index (χ0n) is 9.59. The number of amides is 1. The number of hydrogen-bond donors (Lipinski definition) is 3. The summed E-state index contributed by atoms with van der Waals surface area (Å²) in [6, 6.07) is 1.91. The summed E-state index contributed by atoms with van der Waals surface area (Å²) in [6.45, 7) is 0. The minimum atomic E-state index is -1.05. The number of carbonyl (C=O) groups excluding carboxylic acids is 1. The Morgan fingerprint density at radius 1 is 1.20 bits per heavy atom. The van der Waals surface area contributed by atoms with Gasteiger partial charge in [0.25, 0.3) is 11.5 Å². The summed E-state index contributed by atoms with van der Waals surface area (Å²) >= 11 is 2.89. The van der Waals surface area contributed by atoms with Crippen molar-refractivity contribution < 1.29 is 13.6 Å². The first-order valence-electron chi connectivity index (χ1n) is 5.16. The van der Waals surface area contributed by atoms with Crippen molar-refractivity contribution in [2.24, 2.45) is 0 Å². The van der Waals surface area contributed by atoms with Crippen LogP contribution in [-0.2, 0) is 0 Å². The van der Waals surface area contributed by atoms with E-state index in [0.717, 1.165) is 18.3 Å². The number of nitrogens with one attached hydrogen (secondary N) is 3. The van der Waals surface area contributed by atoms with Gasteiger partial charge in [0.1, 0.15) is 11.3 Å². The van der Waals surface area contributed by atoms with Crippen LogP contribution in [0.1, 0.15) is 10.4 Å². The number of hydrogen-bond acceptors (Lipinski definition) is 3. The lowest BCUT2D eigenvalue weighted by atomic mass is 10.2. The fourth-order valence-electron chi connectivity index (χ4n) is 1.42. The van der Waals surface area contributed by atoms with Gasteiger partial charge in [0.2, 0.25) is 0 Å². The standard InChI is InChI=1S/C11H6BrF2N3O3/c12-4-1-6(13)8(7(14)2-4)16-9(18)5-3-15-11(20)17-10(5)19/h1-3H,(H,16,18)(H2,15,17,19,20). The average molecular weight is 346 g/mol. The number of H-pyrrole nitrogens is 2. The highest BCUT2D eigenvalue weighted by Gasteiger charge is 2.17. The molecule has 0 saturated heterocycles. The number of benzene rings is 1. The van der Waals surface area contributed by atoms with E-state index in [2.05, 4.69) is 20.9 Å². The van der Waals surface area contributed by atoms with Gasteiger partial charge in [-0.2, -0.15) is 0 Å². The first kappa shape index (κ1) is 14.1. The second-order valence-corrected chi connectivity index (χ2v) is 4.60. The molecule has 0 atom stereocenters. The summed E-state index contributed by atoms with van der Waals surface area (Å²) in [5.74, 6) is -3.07. The average Bonchev–Trinajstić information content (AvgIpc) is 2.33. The Morgan fingerprint density at radius 2 is 1.80 bits per heavy atom. The fraction of sp³-hybridized carbons (Fsp3) is 0. The molecule has 0 unspecified atom stereocenters. The number of aromatic amines is 2. The molecule has 3 N–H and O–H groups in total. The van der Waals surface area contributed by atoms with Crippen LogP contribution in [0.4, 0.5) is 14.5 Å². The minimum Gasteiger partial charge on any atom is -0.317 e. The maximum absolute atomic E-state index is 13.5. The molecule has 9 heteroatoms. The molecular weight excluding hydrogens is 340 g/mol. The Hall–Kier alpha value is -2.29. The van der Waals surface area contributed by atoms with Crippen molar-refractivity contribution in [3.63, 3.8) is 0 Å². The SMILES string of the molecule is O=C(Nc1c(F)cc(Br)cc1F)c1c[nH]c(=O)[nH]c1=O. The van der Waals surface area contributed by atoms with Gasteiger partial charge in [0, 0.05) is 10.7 Å². The summed E-state index contributed by atoms with van der Waals surface area (Å²) in [6.07, 6.45) is 0.852. The number of halogens is 3. The maximum atomic E-state index is 13.5. The van der Waals surface area contributed by atoms with E-state index in [1.165, 1.54) is 0 Å². The van der Waals surface area contributed by atoms with Crippen LogP contribution in [0.15, 0.2) is 32.4 Å². The van der Waals surface area contributed by atoms with E-state index in [1.807, 2.05) is 10.3 Å². The Balaban J connectivity index is 2.38. The Kier molecular flexibility index (Phi) is 3.79. The summed E-state index contributed by atoms with van der Waals surface area (Å²) in [5.41, 5.74) is -2.94. The molecule has 0 aliphatic rings. The second-order valence-electron chi connectivity index (χ2n) is 3.68. The van der Waals surface area contributed by atoms with Crippen LogP contribution in [0, 0.1) is 11.6 Å². The molecule has 2 rings (SSSR count). The molecule has 20 heavy (non-hydrogen) atoms. The van der Waals surface area contributed by atoms with Crippen molar-refractivity contribution >= 4 is 27.5 Å². The van der Waals surface area contributed by atoms with Gasteiger partial charge in [-0.25, -0.2) is 13.6 Å². The Labute approximate surface area is 118 Å². The number of rotatable bonds is 2. The summed E-state index contributed by atoms with van der Waals surface area (Å²) in [5, 5.41) is 1.93. The number of carbonyl (C=O) groups is 1. The van der Waals surface area contributed by atoms with Crippen molar-refractivity contribution in [1.82, 2.24) is 9.97 Å². The van der Waals surface area contributed by atoms with E-state index in [1.54, 1.807) is 0 Å². The van der Waals surface area contributed by atoms with E-state index < -0.39 is 40.0 Å². The van der Waals surface area contributed by atoms with Crippen LogP contribution in [0.2, 0.25) is 0 Å². The van der Waals surface area contributed by atoms with Crippen LogP contribution in [0.5, 0.6) is 0 Å². The van der Waals surface area contributed by atoms with Crippen molar-refractivity contribution in [3.05, 3.63) is 60.8 Å². The van der Waals surface area contributed by atoms with Gasteiger partial charge in [-0.3, -0.25) is 14.6 Å². The largest absolute Gasteiger partial charge is 0.325 e. The highest BCUT2D eigenvalue weighted by Crippen LogP contribution is 2.23. The summed E-state index contributed by atoms with van der Waals surface area (Å²) in [7, 11) is 0. The van der Waals surface area contributed by atoms with Gasteiger partial charge >= 0.3 is 5.69 Å². The number of anilines is 1.